The van der Waals surface area contributed by atoms with E-state index in [-0.39, 0.29) is 22.5 Å². The van der Waals surface area contributed by atoms with Crippen LogP contribution in [0.2, 0.25) is 0 Å². The Morgan fingerprint density at radius 1 is 1.00 bits per heavy atom. The van der Waals surface area contributed by atoms with Crippen LogP contribution in [0, 0.1) is 19.7 Å². The van der Waals surface area contributed by atoms with Crippen LogP contribution in [-0.2, 0) is 0 Å². The second-order valence-electron chi connectivity index (χ2n) is 5.90. The lowest BCUT2D eigenvalue weighted by Gasteiger charge is -2.08. The van der Waals surface area contributed by atoms with Gasteiger partial charge in [-0.2, -0.15) is 0 Å². The lowest BCUT2D eigenvalue weighted by atomic mass is 10.1. The summed E-state index contributed by atoms with van der Waals surface area (Å²) in [4.78, 5) is 28.5. The molecule has 8 heteroatoms. The van der Waals surface area contributed by atoms with Crippen LogP contribution in [0.5, 0.6) is 0 Å². The van der Waals surface area contributed by atoms with Crippen LogP contribution in [0.1, 0.15) is 21.6 Å². The fraction of sp³-hybridized carbons (Fsp3) is 0.105. The number of aromatic nitrogens is 1. The van der Waals surface area contributed by atoms with E-state index in [1.165, 1.54) is 24.3 Å². The number of aryl methyl sites for hydroxylation is 2. The number of carbonyl (C=O) groups is 2. The number of hydrogen-bond acceptors (Lipinski definition) is 4. The SMILES string of the molecule is Cc1ccc(C)c(NC(=O)c2csc(NC(=O)Nc3ccc(F)cc3)n2)c1. The normalized spacial score (nSPS) is 10.3. The van der Waals surface area contributed by atoms with Crippen LogP contribution < -0.4 is 16.0 Å². The molecule has 0 aliphatic heterocycles. The molecule has 1 heterocycles. The Kier molecular flexibility index (Phi) is 5.46. The number of benzene rings is 2. The predicted octanol–water partition coefficient (Wildman–Crippen LogP) is 4.80. The quantitative estimate of drug-likeness (QED) is 0.604. The summed E-state index contributed by atoms with van der Waals surface area (Å²) in [6.07, 6.45) is 0. The summed E-state index contributed by atoms with van der Waals surface area (Å²) in [5, 5.41) is 9.77. The predicted molar refractivity (Wildman–Crippen MR) is 105 cm³/mol. The van der Waals surface area contributed by atoms with Gasteiger partial charge in [0.1, 0.15) is 11.5 Å². The maximum absolute atomic E-state index is 12.9. The number of nitrogens with one attached hydrogen (secondary N) is 3. The summed E-state index contributed by atoms with van der Waals surface area (Å²) >= 11 is 1.13. The van der Waals surface area contributed by atoms with Gasteiger partial charge in [-0.15, -0.1) is 11.3 Å². The monoisotopic (exact) mass is 384 g/mol. The lowest BCUT2D eigenvalue weighted by Crippen LogP contribution is -2.19. The van der Waals surface area contributed by atoms with Crippen LogP contribution in [0.4, 0.5) is 25.7 Å². The van der Waals surface area contributed by atoms with Crippen LogP contribution in [0.15, 0.2) is 47.8 Å². The zero-order valence-corrected chi connectivity index (χ0v) is 15.5. The molecular formula is C19H17FN4O2S. The largest absolute Gasteiger partial charge is 0.325 e. The molecule has 0 bridgehead atoms. The summed E-state index contributed by atoms with van der Waals surface area (Å²) in [5.74, 6) is -0.743. The Bertz CT molecular complexity index is 986. The second-order valence-corrected chi connectivity index (χ2v) is 6.75. The molecule has 0 saturated heterocycles. The first-order chi connectivity index (χ1) is 12.9. The number of nitrogens with zero attached hydrogens (tertiary/aromatic N) is 1. The minimum absolute atomic E-state index is 0.206. The van der Waals surface area contributed by atoms with Gasteiger partial charge in [-0.25, -0.2) is 14.2 Å². The van der Waals surface area contributed by atoms with Crippen LogP contribution in [-0.4, -0.2) is 16.9 Å². The van der Waals surface area contributed by atoms with E-state index in [0.29, 0.717) is 5.69 Å². The van der Waals surface area contributed by atoms with E-state index >= 15 is 0 Å². The maximum Gasteiger partial charge on any atom is 0.325 e. The third-order valence-corrected chi connectivity index (χ3v) is 4.46. The Hall–Kier alpha value is -3.26. The molecule has 3 aromatic rings. The fourth-order valence-electron chi connectivity index (χ4n) is 2.28. The molecule has 0 aliphatic rings. The first-order valence-electron chi connectivity index (χ1n) is 8.08. The Morgan fingerprint density at radius 2 is 1.74 bits per heavy atom. The number of amides is 3. The van der Waals surface area contributed by atoms with Crippen molar-refractivity contribution in [1.82, 2.24) is 4.98 Å². The maximum atomic E-state index is 12.9. The molecule has 0 saturated carbocycles. The number of urea groups is 1. The molecule has 3 N–H and O–H groups in total. The molecular weight excluding hydrogens is 367 g/mol. The molecule has 0 fully saturated rings. The van der Waals surface area contributed by atoms with Gasteiger partial charge in [0.25, 0.3) is 5.91 Å². The molecule has 3 amide bonds. The lowest BCUT2D eigenvalue weighted by molar-refractivity contribution is 0.102. The molecule has 1 aromatic heterocycles. The molecule has 0 atom stereocenters. The van der Waals surface area contributed by atoms with Crippen molar-refractivity contribution >= 4 is 39.8 Å². The van der Waals surface area contributed by atoms with Gasteiger partial charge in [0.15, 0.2) is 5.13 Å². The highest BCUT2D eigenvalue weighted by Gasteiger charge is 2.14. The number of hydrogen-bond donors (Lipinski definition) is 3. The van der Waals surface area contributed by atoms with Crippen LogP contribution >= 0.6 is 11.3 Å². The van der Waals surface area contributed by atoms with Crippen molar-refractivity contribution in [2.24, 2.45) is 0 Å². The number of carbonyl (C=O) groups excluding carboxylic acids is 2. The Labute approximate surface area is 159 Å². The minimum atomic E-state index is -0.530. The van der Waals surface area contributed by atoms with E-state index in [9.17, 15) is 14.0 Å². The molecule has 27 heavy (non-hydrogen) atoms. The smallest absolute Gasteiger partial charge is 0.320 e. The van der Waals surface area contributed by atoms with Crippen molar-refractivity contribution in [3.63, 3.8) is 0 Å². The molecule has 138 valence electrons. The summed E-state index contributed by atoms with van der Waals surface area (Å²) < 4.78 is 12.9. The van der Waals surface area contributed by atoms with Crippen molar-refractivity contribution in [3.8, 4) is 0 Å². The van der Waals surface area contributed by atoms with Crippen molar-refractivity contribution in [2.45, 2.75) is 13.8 Å². The van der Waals surface area contributed by atoms with Gasteiger partial charge >= 0.3 is 6.03 Å². The van der Waals surface area contributed by atoms with Gasteiger partial charge in [-0.1, -0.05) is 12.1 Å². The van der Waals surface area contributed by atoms with Crippen molar-refractivity contribution < 1.29 is 14.0 Å². The van der Waals surface area contributed by atoms with E-state index in [1.807, 2.05) is 32.0 Å². The molecule has 0 aliphatic carbocycles. The topological polar surface area (TPSA) is 83.1 Å². The Morgan fingerprint density at radius 3 is 2.48 bits per heavy atom. The number of anilines is 3. The zero-order valence-electron chi connectivity index (χ0n) is 14.7. The highest BCUT2D eigenvalue weighted by molar-refractivity contribution is 7.14. The summed E-state index contributed by atoms with van der Waals surface area (Å²) in [6, 6.07) is 10.6. The molecule has 0 unspecified atom stereocenters. The van der Waals surface area contributed by atoms with Crippen LogP contribution in [0.3, 0.4) is 0 Å². The third kappa shape index (κ3) is 4.89. The number of rotatable bonds is 4. The van der Waals surface area contributed by atoms with Gasteiger partial charge in [0.2, 0.25) is 0 Å². The first-order valence-corrected chi connectivity index (χ1v) is 8.96. The van der Waals surface area contributed by atoms with Gasteiger partial charge in [-0.05, 0) is 55.3 Å². The highest BCUT2D eigenvalue weighted by Crippen LogP contribution is 2.20. The standard InChI is InChI=1S/C19H17FN4O2S/c1-11-3-4-12(2)15(9-11)22-17(25)16-10-27-19(23-16)24-18(26)21-14-7-5-13(20)6-8-14/h3-10H,1-2H3,(H,22,25)(H2,21,23,24,26). The molecule has 0 spiro atoms. The fourth-order valence-corrected chi connectivity index (χ4v) is 2.97. The summed E-state index contributed by atoms with van der Waals surface area (Å²) in [6.45, 7) is 3.85. The zero-order chi connectivity index (χ0) is 19.4. The number of halogens is 1. The van der Waals surface area contributed by atoms with Gasteiger partial charge in [0.05, 0.1) is 0 Å². The first kappa shape index (κ1) is 18.5. The molecule has 0 radical (unpaired) electrons. The minimum Gasteiger partial charge on any atom is -0.320 e. The van der Waals surface area contributed by atoms with E-state index in [2.05, 4.69) is 20.9 Å². The van der Waals surface area contributed by atoms with E-state index < -0.39 is 6.03 Å². The van der Waals surface area contributed by atoms with E-state index in [0.717, 1.165) is 28.2 Å². The van der Waals surface area contributed by atoms with E-state index in [1.54, 1.807) is 5.38 Å². The Balaban J connectivity index is 1.62. The van der Waals surface area contributed by atoms with Gasteiger partial charge in [0, 0.05) is 16.8 Å². The summed E-state index contributed by atoms with van der Waals surface area (Å²) in [5.41, 5.74) is 3.35. The van der Waals surface area contributed by atoms with E-state index in [4.69, 9.17) is 0 Å². The van der Waals surface area contributed by atoms with Gasteiger partial charge in [-0.3, -0.25) is 10.1 Å². The molecule has 2 aromatic carbocycles. The van der Waals surface area contributed by atoms with Crippen molar-refractivity contribution in [3.05, 3.63) is 70.5 Å². The van der Waals surface area contributed by atoms with Crippen molar-refractivity contribution in [1.29, 1.82) is 0 Å². The highest BCUT2D eigenvalue weighted by atomic mass is 32.1. The van der Waals surface area contributed by atoms with Gasteiger partial charge < -0.3 is 10.6 Å². The molecule has 3 rings (SSSR count). The summed E-state index contributed by atoms with van der Waals surface area (Å²) in [7, 11) is 0. The average molecular weight is 384 g/mol. The number of thiazole rings is 1. The third-order valence-electron chi connectivity index (χ3n) is 3.70. The van der Waals surface area contributed by atoms with Crippen LogP contribution in [0.25, 0.3) is 0 Å². The molecule has 6 nitrogen and oxygen atoms in total. The second kappa shape index (κ2) is 7.96. The van der Waals surface area contributed by atoms with Crippen molar-refractivity contribution in [2.75, 3.05) is 16.0 Å². The average Bonchev–Trinajstić information content (AvgIpc) is 3.08.